The van der Waals surface area contributed by atoms with E-state index in [4.69, 9.17) is 4.74 Å². The van der Waals surface area contributed by atoms with Crippen molar-refractivity contribution in [1.29, 1.82) is 0 Å². The van der Waals surface area contributed by atoms with Gasteiger partial charge in [0.25, 0.3) is 0 Å². The smallest absolute Gasteiger partial charge is 0.343 e. The van der Waals surface area contributed by atoms with E-state index in [2.05, 4.69) is 19.1 Å². The van der Waals surface area contributed by atoms with Crippen molar-refractivity contribution in [2.24, 2.45) is 0 Å². The van der Waals surface area contributed by atoms with Crippen LogP contribution in [-0.4, -0.2) is 5.97 Å². The summed E-state index contributed by atoms with van der Waals surface area (Å²) in [7, 11) is 0. The Morgan fingerprint density at radius 2 is 1.37 bits per heavy atom. The van der Waals surface area contributed by atoms with E-state index >= 15 is 0 Å². The first-order chi connectivity index (χ1) is 13.0. The van der Waals surface area contributed by atoms with Crippen molar-refractivity contribution >= 4 is 5.97 Å². The van der Waals surface area contributed by atoms with Gasteiger partial charge in [0.2, 0.25) is 0 Å². The molecule has 3 aromatic carbocycles. The summed E-state index contributed by atoms with van der Waals surface area (Å²) in [5.74, 6) is -5.62. The minimum Gasteiger partial charge on any atom is -0.423 e. The molecule has 27 heavy (non-hydrogen) atoms. The first-order valence-electron chi connectivity index (χ1n) is 8.54. The normalized spacial score (nSPS) is 10.7. The Kier molecular flexibility index (Phi) is 5.60. The van der Waals surface area contributed by atoms with Gasteiger partial charge in [-0.2, -0.15) is 0 Å². The molecule has 3 rings (SSSR count). The van der Waals surface area contributed by atoms with Crippen LogP contribution in [0.1, 0.15) is 29.3 Å². The molecule has 0 aliphatic rings. The molecule has 0 heterocycles. The number of hydrogen-bond acceptors (Lipinski definition) is 2. The highest BCUT2D eigenvalue weighted by Crippen LogP contribution is 2.23. The maximum Gasteiger partial charge on any atom is 0.343 e. The Labute approximate surface area is 155 Å². The second-order valence-corrected chi connectivity index (χ2v) is 6.11. The monoisotopic (exact) mass is 370 g/mol. The lowest BCUT2D eigenvalue weighted by atomic mass is 10.0. The van der Waals surface area contributed by atoms with Crippen molar-refractivity contribution in [3.63, 3.8) is 0 Å². The zero-order chi connectivity index (χ0) is 19.4. The van der Waals surface area contributed by atoms with Gasteiger partial charge in [-0.1, -0.05) is 49.7 Å². The minimum atomic E-state index is -1.61. The van der Waals surface area contributed by atoms with Crippen molar-refractivity contribution < 1.29 is 22.7 Å². The highest BCUT2D eigenvalue weighted by Gasteiger charge is 2.15. The molecule has 0 aliphatic carbocycles. The Morgan fingerprint density at radius 3 is 1.89 bits per heavy atom. The van der Waals surface area contributed by atoms with Gasteiger partial charge >= 0.3 is 5.97 Å². The Morgan fingerprint density at radius 1 is 0.852 bits per heavy atom. The van der Waals surface area contributed by atoms with Gasteiger partial charge < -0.3 is 4.74 Å². The fourth-order valence-corrected chi connectivity index (χ4v) is 2.71. The molecule has 0 saturated heterocycles. The van der Waals surface area contributed by atoms with Crippen molar-refractivity contribution in [2.45, 2.75) is 19.8 Å². The van der Waals surface area contributed by atoms with Crippen LogP contribution in [0.15, 0.2) is 60.7 Å². The summed E-state index contributed by atoms with van der Waals surface area (Å²) in [5.41, 5.74) is 3.41. The number of carbonyl (C=O) groups excluding carboxylic acids is 1. The fourth-order valence-electron chi connectivity index (χ4n) is 2.71. The van der Waals surface area contributed by atoms with E-state index in [1.165, 1.54) is 5.56 Å². The molecule has 0 saturated carbocycles. The van der Waals surface area contributed by atoms with Gasteiger partial charge in [-0.05, 0) is 35.2 Å². The lowest BCUT2D eigenvalue weighted by molar-refractivity contribution is 0.0733. The van der Waals surface area contributed by atoms with Crippen LogP contribution in [0.25, 0.3) is 11.1 Å². The fraction of sp³-hybridized carbons (Fsp3) is 0.136. The molecule has 0 bridgehead atoms. The molecule has 0 fully saturated rings. The van der Waals surface area contributed by atoms with Crippen molar-refractivity contribution in [1.82, 2.24) is 0 Å². The molecular weight excluding hydrogens is 353 g/mol. The van der Waals surface area contributed by atoms with Crippen molar-refractivity contribution in [3.05, 3.63) is 89.2 Å². The molecule has 5 heteroatoms. The van der Waals surface area contributed by atoms with Crippen LogP contribution in [0.3, 0.4) is 0 Å². The summed E-state index contributed by atoms with van der Waals surface area (Å²) in [6, 6.07) is 16.1. The molecule has 0 atom stereocenters. The number of carbonyl (C=O) groups is 1. The SMILES string of the molecule is CCCc1ccc(-c2ccc(C(=O)Oc3cc(F)c(F)c(F)c3)cc2)cc1. The first kappa shape index (κ1) is 18.7. The Bertz CT molecular complexity index is 925. The van der Waals surface area contributed by atoms with Crippen LogP contribution < -0.4 is 4.74 Å². The summed E-state index contributed by atoms with van der Waals surface area (Å²) >= 11 is 0. The molecule has 138 valence electrons. The molecule has 0 radical (unpaired) electrons. The van der Waals surface area contributed by atoms with E-state index in [-0.39, 0.29) is 5.56 Å². The minimum absolute atomic E-state index is 0.214. The number of esters is 1. The van der Waals surface area contributed by atoms with Gasteiger partial charge in [-0.3, -0.25) is 0 Å². The maximum absolute atomic E-state index is 13.2. The van der Waals surface area contributed by atoms with Crippen LogP contribution in [-0.2, 0) is 6.42 Å². The number of aryl methyl sites for hydroxylation is 1. The number of rotatable bonds is 5. The van der Waals surface area contributed by atoms with Gasteiger partial charge in [0.05, 0.1) is 5.56 Å². The van der Waals surface area contributed by atoms with Gasteiger partial charge in [0.1, 0.15) is 5.75 Å². The molecule has 0 amide bonds. The maximum atomic E-state index is 13.2. The highest BCUT2D eigenvalue weighted by atomic mass is 19.2. The summed E-state index contributed by atoms with van der Waals surface area (Å²) in [4.78, 5) is 12.1. The summed E-state index contributed by atoms with van der Waals surface area (Å²) < 4.78 is 44.3. The molecule has 0 spiro atoms. The Hall–Kier alpha value is -3.08. The van der Waals surface area contributed by atoms with E-state index in [1.807, 2.05) is 12.1 Å². The van der Waals surface area contributed by atoms with E-state index in [1.54, 1.807) is 24.3 Å². The lowest BCUT2D eigenvalue weighted by Gasteiger charge is -2.07. The van der Waals surface area contributed by atoms with Gasteiger partial charge in [-0.15, -0.1) is 0 Å². The first-order valence-corrected chi connectivity index (χ1v) is 8.54. The highest BCUT2D eigenvalue weighted by molar-refractivity contribution is 5.91. The second kappa shape index (κ2) is 8.08. The quantitative estimate of drug-likeness (QED) is 0.315. The third kappa shape index (κ3) is 4.37. The predicted octanol–water partition coefficient (Wildman–Crippen LogP) is 5.94. The zero-order valence-corrected chi connectivity index (χ0v) is 14.6. The predicted molar refractivity (Wildman–Crippen MR) is 97.1 cm³/mol. The summed E-state index contributed by atoms with van der Waals surface area (Å²) in [6.07, 6.45) is 2.10. The molecule has 3 aromatic rings. The number of hydrogen-bond donors (Lipinski definition) is 0. The molecule has 0 aliphatic heterocycles. The summed E-state index contributed by atoms with van der Waals surface area (Å²) in [6.45, 7) is 2.13. The van der Waals surface area contributed by atoms with Gasteiger partial charge in [0.15, 0.2) is 17.5 Å². The Balaban J connectivity index is 1.73. The van der Waals surface area contributed by atoms with E-state index in [0.29, 0.717) is 12.1 Å². The van der Waals surface area contributed by atoms with Crippen molar-refractivity contribution in [2.75, 3.05) is 0 Å². The molecule has 0 unspecified atom stereocenters. The van der Waals surface area contributed by atoms with Crippen LogP contribution in [0, 0.1) is 17.5 Å². The topological polar surface area (TPSA) is 26.3 Å². The van der Waals surface area contributed by atoms with E-state index in [0.717, 1.165) is 24.0 Å². The number of halogens is 3. The van der Waals surface area contributed by atoms with Crippen LogP contribution >= 0.6 is 0 Å². The average Bonchev–Trinajstić information content (AvgIpc) is 2.67. The van der Waals surface area contributed by atoms with Gasteiger partial charge in [-0.25, -0.2) is 18.0 Å². The molecule has 0 N–H and O–H groups in total. The third-order valence-corrected chi connectivity index (χ3v) is 4.11. The average molecular weight is 370 g/mol. The van der Waals surface area contributed by atoms with Crippen LogP contribution in [0.2, 0.25) is 0 Å². The lowest BCUT2D eigenvalue weighted by Crippen LogP contribution is -2.09. The molecule has 0 aromatic heterocycles. The van der Waals surface area contributed by atoms with Gasteiger partial charge in [0, 0.05) is 12.1 Å². The largest absolute Gasteiger partial charge is 0.423 e. The molecular formula is C22H17F3O2. The standard InChI is InChI=1S/C22H17F3O2/c1-2-3-14-4-6-15(7-5-14)16-8-10-17(11-9-16)22(26)27-18-12-19(23)21(25)20(24)13-18/h4-13H,2-3H2,1H3. The molecule has 2 nitrogen and oxygen atoms in total. The van der Waals surface area contributed by atoms with Crippen LogP contribution in [0.5, 0.6) is 5.75 Å². The van der Waals surface area contributed by atoms with E-state index in [9.17, 15) is 18.0 Å². The summed E-state index contributed by atoms with van der Waals surface area (Å²) in [5, 5.41) is 0. The second-order valence-electron chi connectivity index (χ2n) is 6.11. The zero-order valence-electron chi connectivity index (χ0n) is 14.6. The van der Waals surface area contributed by atoms with E-state index < -0.39 is 29.2 Å². The number of benzene rings is 3. The number of ether oxygens (including phenoxy) is 1. The van der Waals surface area contributed by atoms with Crippen LogP contribution in [0.4, 0.5) is 13.2 Å². The van der Waals surface area contributed by atoms with Crippen molar-refractivity contribution in [3.8, 4) is 16.9 Å². The third-order valence-electron chi connectivity index (χ3n) is 4.11.